The third-order valence-electron chi connectivity index (χ3n) is 5.35. The summed E-state index contributed by atoms with van der Waals surface area (Å²) in [7, 11) is -0.826. The lowest BCUT2D eigenvalue weighted by atomic mass is 10.1. The lowest BCUT2D eigenvalue weighted by Crippen LogP contribution is -2.21. The zero-order chi connectivity index (χ0) is 19.6. The number of benzene rings is 4. The van der Waals surface area contributed by atoms with Crippen LogP contribution in [0.3, 0.4) is 0 Å². The molecule has 5 rings (SSSR count). The van der Waals surface area contributed by atoms with Crippen LogP contribution >= 0.6 is 7.92 Å². The highest BCUT2D eigenvalue weighted by atomic mass is 31.1. The van der Waals surface area contributed by atoms with Gasteiger partial charge < -0.3 is 0 Å². The van der Waals surface area contributed by atoms with Crippen LogP contribution in [0.5, 0.6) is 0 Å². The Bertz CT molecular complexity index is 1190. The van der Waals surface area contributed by atoms with Gasteiger partial charge >= 0.3 is 0 Å². The molecule has 0 spiro atoms. The van der Waals surface area contributed by atoms with Gasteiger partial charge in [0.2, 0.25) is 0 Å². The molecule has 0 unspecified atom stereocenters. The zero-order valence-electron chi connectivity index (χ0n) is 15.7. The second-order valence-electron chi connectivity index (χ2n) is 6.99. The van der Waals surface area contributed by atoms with Crippen molar-refractivity contribution in [1.82, 2.24) is 0 Å². The van der Waals surface area contributed by atoms with E-state index in [1.165, 1.54) is 27.3 Å². The monoisotopic (exact) mass is 391 g/mol. The first-order chi connectivity index (χ1) is 14.4. The minimum absolute atomic E-state index is 0.792. The molecule has 0 aliphatic heterocycles. The van der Waals surface area contributed by atoms with Crippen LogP contribution in [0.2, 0.25) is 0 Å². The number of hydrogen-bond donors (Lipinski definition) is 0. The van der Waals surface area contributed by atoms with Gasteiger partial charge in [0.25, 0.3) is 0 Å². The van der Waals surface area contributed by atoms with Crippen LogP contribution in [0.4, 0.5) is 5.69 Å². The fourth-order valence-electron chi connectivity index (χ4n) is 4.10. The quantitative estimate of drug-likeness (QED) is 0.157. The number of rotatable bonds is 4. The molecular weight excluding hydrogens is 373 g/mol. The molecule has 138 valence electrons. The summed E-state index contributed by atoms with van der Waals surface area (Å²) in [5.74, 6) is 0. The van der Waals surface area contributed by atoms with Gasteiger partial charge in [0.1, 0.15) is 0 Å². The minimum atomic E-state index is -0.826. The molecule has 4 aromatic carbocycles. The van der Waals surface area contributed by atoms with Crippen molar-refractivity contribution in [3.05, 3.63) is 119 Å². The van der Waals surface area contributed by atoms with E-state index in [4.69, 9.17) is 0 Å². The molecule has 0 atom stereocenters. The summed E-state index contributed by atoms with van der Waals surface area (Å²) in [6.45, 7) is 0. The van der Waals surface area contributed by atoms with Crippen molar-refractivity contribution < 1.29 is 0 Å². The Balaban J connectivity index is 1.76. The molecule has 1 aliphatic rings. The molecule has 0 heterocycles. The van der Waals surface area contributed by atoms with Gasteiger partial charge in [0.15, 0.2) is 0 Å². The molecule has 3 nitrogen and oxygen atoms in total. The van der Waals surface area contributed by atoms with E-state index in [9.17, 15) is 5.53 Å². The molecule has 0 saturated carbocycles. The molecular formula is C25H18N3P. The molecule has 0 radical (unpaired) electrons. The number of azide groups is 1. The van der Waals surface area contributed by atoms with E-state index in [-0.39, 0.29) is 0 Å². The molecule has 4 heteroatoms. The summed E-state index contributed by atoms with van der Waals surface area (Å²) in [6.07, 6.45) is 0.806. The van der Waals surface area contributed by atoms with Crippen LogP contribution in [0.15, 0.2) is 102 Å². The summed E-state index contributed by atoms with van der Waals surface area (Å²) in [4.78, 5) is 3.21. The van der Waals surface area contributed by atoms with E-state index < -0.39 is 7.92 Å². The Morgan fingerprint density at radius 2 is 1.31 bits per heavy atom. The summed E-state index contributed by atoms with van der Waals surface area (Å²) >= 11 is 0. The fourth-order valence-corrected chi connectivity index (χ4v) is 6.51. The molecule has 4 aromatic rings. The Kier molecular flexibility index (Phi) is 4.62. The van der Waals surface area contributed by atoms with E-state index in [1.54, 1.807) is 0 Å². The van der Waals surface area contributed by atoms with Crippen molar-refractivity contribution >= 4 is 29.5 Å². The second kappa shape index (κ2) is 7.56. The van der Waals surface area contributed by atoms with E-state index >= 15 is 0 Å². The first kappa shape index (κ1) is 17.7. The molecule has 1 aliphatic carbocycles. The van der Waals surface area contributed by atoms with Crippen molar-refractivity contribution in [3.63, 3.8) is 0 Å². The van der Waals surface area contributed by atoms with E-state index in [0.29, 0.717) is 0 Å². The van der Waals surface area contributed by atoms with Crippen LogP contribution in [0.1, 0.15) is 11.1 Å². The Morgan fingerprint density at radius 3 is 1.97 bits per heavy atom. The largest absolute Gasteiger partial charge is 0.0622 e. The summed E-state index contributed by atoms with van der Waals surface area (Å²) in [5, 5.41) is 7.84. The minimum Gasteiger partial charge on any atom is -0.0622 e. The summed E-state index contributed by atoms with van der Waals surface area (Å²) in [6, 6.07) is 33.8. The van der Waals surface area contributed by atoms with Gasteiger partial charge in [0.05, 0.1) is 0 Å². The van der Waals surface area contributed by atoms with Crippen molar-refractivity contribution in [1.29, 1.82) is 0 Å². The SMILES string of the molecule is [N-]=[N+]=Nc1c(P(c2ccccc2)c2ccccc2)ccc2c1Cc1ccccc1-2. The Morgan fingerprint density at radius 1 is 0.690 bits per heavy atom. The molecule has 0 saturated heterocycles. The van der Waals surface area contributed by atoms with Crippen LogP contribution in [0, 0.1) is 0 Å². The van der Waals surface area contributed by atoms with Crippen LogP contribution in [-0.4, -0.2) is 0 Å². The average molecular weight is 391 g/mol. The fraction of sp³-hybridized carbons (Fsp3) is 0.0400. The smallest absolute Gasteiger partial charge is 0.0500 e. The first-order valence-electron chi connectivity index (χ1n) is 9.56. The highest BCUT2D eigenvalue weighted by molar-refractivity contribution is 7.80. The third-order valence-corrected chi connectivity index (χ3v) is 7.82. The molecule has 0 aromatic heterocycles. The number of fused-ring (bicyclic) bond motifs is 3. The van der Waals surface area contributed by atoms with E-state index in [2.05, 4.69) is 95.0 Å². The van der Waals surface area contributed by atoms with Gasteiger partial charge in [-0.3, -0.25) is 0 Å². The van der Waals surface area contributed by atoms with Gasteiger partial charge in [-0.05, 0) is 58.0 Å². The number of nitrogens with zero attached hydrogens (tertiary/aromatic N) is 3. The normalized spacial score (nSPS) is 11.6. The average Bonchev–Trinajstić information content (AvgIpc) is 3.16. The highest BCUT2D eigenvalue weighted by Crippen LogP contribution is 2.45. The summed E-state index contributed by atoms with van der Waals surface area (Å²) in [5.41, 5.74) is 15.0. The lowest BCUT2D eigenvalue weighted by molar-refractivity contribution is 1.25. The van der Waals surface area contributed by atoms with Gasteiger partial charge in [-0.2, -0.15) is 0 Å². The second-order valence-corrected chi connectivity index (χ2v) is 9.17. The van der Waals surface area contributed by atoms with Crippen molar-refractivity contribution in [3.8, 4) is 11.1 Å². The van der Waals surface area contributed by atoms with Gasteiger partial charge in [-0.15, -0.1) is 0 Å². The van der Waals surface area contributed by atoms with E-state index in [0.717, 1.165) is 23.0 Å². The van der Waals surface area contributed by atoms with Crippen molar-refractivity contribution in [2.75, 3.05) is 0 Å². The van der Waals surface area contributed by atoms with Crippen LogP contribution < -0.4 is 15.9 Å². The maximum Gasteiger partial charge on any atom is 0.0500 e. The standard InChI is InChI=1S/C25H18N3P/c26-28-27-25-23-17-18-9-7-8-14-21(18)22(23)15-16-24(25)29(19-10-3-1-4-11-19)20-12-5-2-6-13-20/h1-16H,17H2. The van der Waals surface area contributed by atoms with Gasteiger partial charge in [-0.1, -0.05) is 102 Å². The third kappa shape index (κ3) is 3.11. The maximum atomic E-state index is 9.38. The molecule has 29 heavy (non-hydrogen) atoms. The van der Waals surface area contributed by atoms with Crippen molar-refractivity contribution in [2.24, 2.45) is 5.11 Å². The highest BCUT2D eigenvalue weighted by Gasteiger charge is 2.26. The number of hydrogen-bond acceptors (Lipinski definition) is 1. The predicted molar refractivity (Wildman–Crippen MR) is 122 cm³/mol. The first-order valence-corrected chi connectivity index (χ1v) is 10.9. The van der Waals surface area contributed by atoms with Gasteiger partial charge in [0, 0.05) is 10.6 Å². The molecule has 0 amide bonds. The summed E-state index contributed by atoms with van der Waals surface area (Å²) < 4.78 is 0. The topological polar surface area (TPSA) is 48.8 Å². The molecule has 0 N–H and O–H groups in total. The molecule has 0 fully saturated rings. The molecule has 0 bridgehead atoms. The maximum absolute atomic E-state index is 9.38. The van der Waals surface area contributed by atoms with Crippen LogP contribution in [0.25, 0.3) is 21.6 Å². The predicted octanol–water partition coefficient (Wildman–Crippen LogP) is 5.96. The van der Waals surface area contributed by atoms with Crippen molar-refractivity contribution in [2.45, 2.75) is 6.42 Å². The zero-order valence-corrected chi connectivity index (χ0v) is 16.6. The lowest BCUT2D eigenvalue weighted by Gasteiger charge is -2.22. The van der Waals surface area contributed by atoms with Gasteiger partial charge in [-0.25, -0.2) is 0 Å². The Hall–Kier alpha value is -3.38. The van der Waals surface area contributed by atoms with Crippen LogP contribution in [-0.2, 0) is 6.42 Å². The Labute approximate surface area is 171 Å². The van der Waals surface area contributed by atoms with E-state index in [1.807, 2.05) is 12.1 Å².